The average molecular weight is 262 g/mol. The molecular weight excluding hydrogens is 244 g/mol. The zero-order valence-electron chi connectivity index (χ0n) is 11.3. The fourth-order valence-corrected chi connectivity index (χ4v) is 1.34. The number of carbonyl (C=O) groups excluding carboxylic acids is 2. The summed E-state index contributed by atoms with van der Waals surface area (Å²) in [5.74, 6) is 0.141. The second-order valence-corrected chi connectivity index (χ2v) is 4.21. The number of hydrogen-bond acceptors (Lipinski definition) is 3. The summed E-state index contributed by atoms with van der Waals surface area (Å²) in [6.07, 6.45) is 2.54. The van der Waals surface area contributed by atoms with Crippen molar-refractivity contribution in [1.29, 1.82) is 0 Å². The number of carbonyl (C=O) groups is 2. The minimum Gasteiger partial charge on any atom is -0.410 e. The first-order valence-electron chi connectivity index (χ1n) is 6.03. The van der Waals surface area contributed by atoms with Crippen LogP contribution in [0.4, 0.5) is 10.5 Å². The lowest BCUT2D eigenvalue weighted by molar-refractivity contribution is -0.111. The van der Waals surface area contributed by atoms with Crippen LogP contribution in [0.3, 0.4) is 0 Å². The Balaban J connectivity index is 2.66. The van der Waals surface area contributed by atoms with Gasteiger partial charge in [0.2, 0.25) is 5.91 Å². The molecule has 1 aromatic rings. The van der Waals surface area contributed by atoms with Crippen LogP contribution in [0, 0.1) is 0 Å². The van der Waals surface area contributed by atoms with Crippen molar-refractivity contribution in [2.45, 2.75) is 26.8 Å². The van der Waals surface area contributed by atoms with Crippen molar-refractivity contribution in [1.82, 2.24) is 5.32 Å². The third-order valence-electron chi connectivity index (χ3n) is 2.04. The predicted octanol–water partition coefficient (Wildman–Crippen LogP) is 2.70. The van der Waals surface area contributed by atoms with Gasteiger partial charge in [0.25, 0.3) is 0 Å². The molecule has 0 radical (unpaired) electrons. The summed E-state index contributed by atoms with van der Waals surface area (Å²) in [6, 6.07) is 6.65. The Kier molecular flexibility index (Phi) is 5.60. The zero-order chi connectivity index (χ0) is 14.3. The molecule has 0 aliphatic heterocycles. The number of rotatable bonds is 4. The van der Waals surface area contributed by atoms with E-state index in [9.17, 15) is 9.59 Å². The molecule has 0 fully saturated rings. The van der Waals surface area contributed by atoms with Gasteiger partial charge in [0.1, 0.15) is 5.75 Å². The molecule has 1 rings (SSSR count). The van der Waals surface area contributed by atoms with E-state index in [2.05, 4.69) is 10.6 Å². The van der Waals surface area contributed by atoms with Crippen LogP contribution in [-0.2, 0) is 4.79 Å². The van der Waals surface area contributed by atoms with Crippen molar-refractivity contribution >= 4 is 17.7 Å². The van der Waals surface area contributed by atoms with Crippen molar-refractivity contribution in [2.24, 2.45) is 0 Å². The summed E-state index contributed by atoms with van der Waals surface area (Å²) in [5.41, 5.74) is 0.568. The van der Waals surface area contributed by atoms with Gasteiger partial charge in [-0.2, -0.15) is 0 Å². The van der Waals surface area contributed by atoms with E-state index >= 15 is 0 Å². The van der Waals surface area contributed by atoms with Gasteiger partial charge in [-0.25, -0.2) is 4.79 Å². The Morgan fingerprint density at radius 2 is 2.05 bits per heavy atom. The highest BCUT2D eigenvalue weighted by Gasteiger charge is 2.06. The van der Waals surface area contributed by atoms with Crippen molar-refractivity contribution in [3.63, 3.8) is 0 Å². The normalized spacial score (nSPS) is 10.5. The maximum Gasteiger partial charge on any atom is 0.412 e. The van der Waals surface area contributed by atoms with Gasteiger partial charge < -0.3 is 15.4 Å². The van der Waals surface area contributed by atoms with Crippen LogP contribution in [0.2, 0.25) is 0 Å². The molecule has 0 aliphatic carbocycles. The van der Waals surface area contributed by atoms with Crippen molar-refractivity contribution < 1.29 is 14.3 Å². The topological polar surface area (TPSA) is 67.4 Å². The highest BCUT2D eigenvalue weighted by Crippen LogP contribution is 2.17. The first kappa shape index (κ1) is 14.8. The van der Waals surface area contributed by atoms with Gasteiger partial charge in [0.15, 0.2) is 0 Å². The van der Waals surface area contributed by atoms with E-state index in [0.29, 0.717) is 11.4 Å². The van der Waals surface area contributed by atoms with Crippen molar-refractivity contribution in [3.05, 3.63) is 36.4 Å². The maximum absolute atomic E-state index is 11.4. The third-order valence-corrected chi connectivity index (χ3v) is 2.04. The third kappa shape index (κ3) is 5.72. The van der Waals surface area contributed by atoms with E-state index in [1.807, 2.05) is 13.8 Å². The van der Waals surface area contributed by atoms with Crippen LogP contribution < -0.4 is 15.4 Å². The lowest BCUT2D eigenvalue weighted by Crippen LogP contribution is -2.32. The highest BCUT2D eigenvalue weighted by atomic mass is 16.6. The number of benzene rings is 1. The second kappa shape index (κ2) is 7.20. The molecule has 2 N–H and O–H groups in total. The molecule has 19 heavy (non-hydrogen) atoms. The Hall–Kier alpha value is -2.30. The van der Waals surface area contributed by atoms with Gasteiger partial charge in [-0.3, -0.25) is 4.79 Å². The smallest absolute Gasteiger partial charge is 0.410 e. The molecular formula is C14H18N2O3. The molecule has 0 heterocycles. The Labute approximate surface area is 112 Å². The van der Waals surface area contributed by atoms with E-state index in [1.54, 1.807) is 37.3 Å². The van der Waals surface area contributed by atoms with E-state index < -0.39 is 6.09 Å². The zero-order valence-corrected chi connectivity index (χ0v) is 11.3. The van der Waals surface area contributed by atoms with Gasteiger partial charge in [0.05, 0.1) is 0 Å². The first-order chi connectivity index (χ1) is 9.01. The number of ether oxygens (including phenoxy) is 1. The molecule has 2 amide bonds. The number of amides is 2. The summed E-state index contributed by atoms with van der Waals surface area (Å²) in [6.45, 7) is 5.44. The molecule has 102 valence electrons. The summed E-state index contributed by atoms with van der Waals surface area (Å²) < 4.78 is 5.09. The number of anilines is 1. The SMILES string of the molecule is CC=CC(=O)Nc1cccc(OC(=O)NC(C)C)c1. The molecule has 0 bridgehead atoms. The molecule has 0 saturated heterocycles. The van der Waals surface area contributed by atoms with E-state index in [0.717, 1.165) is 0 Å². The van der Waals surface area contributed by atoms with Crippen LogP contribution in [0.1, 0.15) is 20.8 Å². The van der Waals surface area contributed by atoms with Crippen molar-refractivity contribution in [3.8, 4) is 5.75 Å². The number of nitrogens with one attached hydrogen (secondary N) is 2. The molecule has 0 aliphatic rings. The lowest BCUT2D eigenvalue weighted by Gasteiger charge is -2.10. The number of allylic oxidation sites excluding steroid dienone is 1. The van der Waals surface area contributed by atoms with Crippen molar-refractivity contribution in [2.75, 3.05) is 5.32 Å². The van der Waals surface area contributed by atoms with Crippen LogP contribution in [0.25, 0.3) is 0 Å². The summed E-state index contributed by atoms with van der Waals surface area (Å²) in [5, 5.41) is 5.27. The van der Waals surface area contributed by atoms with Crippen LogP contribution >= 0.6 is 0 Å². The fourth-order valence-electron chi connectivity index (χ4n) is 1.34. The van der Waals surface area contributed by atoms with E-state index in [-0.39, 0.29) is 11.9 Å². The Morgan fingerprint density at radius 3 is 2.68 bits per heavy atom. The monoisotopic (exact) mass is 262 g/mol. The first-order valence-corrected chi connectivity index (χ1v) is 6.03. The van der Waals surface area contributed by atoms with Gasteiger partial charge in [0, 0.05) is 17.8 Å². The standard InChI is InChI=1S/C14H18N2O3/c1-4-6-13(17)16-11-7-5-8-12(9-11)19-14(18)15-10(2)3/h4-10H,1-3H3,(H,15,18)(H,16,17). The maximum atomic E-state index is 11.4. The molecule has 0 spiro atoms. The molecule has 5 heteroatoms. The van der Waals surface area contributed by atoms with Crippen LogP contribution in [-0.4, -0.2) is 18.0 Å². The molecule has 5 nitrogen and oxygen atoms in total. The summed E-state index contributed by atoms with van der Waals surface area (Å²) in [7, 11) is 0. The Bertz CT molecular complexity index is 481. The quantitative estimate of drug-likeness (QED) is 0.820. The van der Waals surface area contributed by atoms with E-state index in [4.69, 9.17) is 4.74 Å². The molecule has 0 aromatic heterocycles. The second-order valence-electron chi connectivity index (χ2n) is 4.21. The minimum absolute atomic E-state index is 0.00470. The van der Waals surface area contributed by atoms with Crippen LogP contribution in [0.15, 0.2) is 36.4 Å². The molecule has 0 saturated carbocycles. The van der Waals surface area contributed by atoms with E-state index in [1.165, 1.54) is 6.08 Å². The fraction of sp³-hybridized carbons (Fsp3) is 0.286. The largest absolute Gasteiger partial charge is 0.412 e. The van der Waals surface area contributed by atoms with Gasteiger partial charge >= 0.3 is 6.09 Å². The lowest BCUT2D eigenvalue weighted by atomic mass is 10.3. The van der Waals surface area contributed by atoms with Gasteiger partial charge in [-0.15, -0.1) is 0 Å². The van der Waals surface area contributed by atoms with Gasteiger partial charge in [-0.05, 0) is 39.0 Å². The molecule has 0 unspecified atom stereocenters. The summed E-state index contributed by atoms with van der Waals surface area (Å²) in [4.78, 5) is 22.8. The average Bonchev–Trinajstić information content (AvgIpc) is 2.28. The minimum atomic E-state index is -0.521. The molecule has 1 aromatic carbocycles. The van der Waals surface area contributed by atoms with Gasteiger partial charge in [-0.1, -0.05) is 12.1 Å². The predicted molar refractivity (Wildman–Crippen MR) is 74.2 cm³/mol. The number of hydrogen-bond donors (Lipinski definition) is 2. The Morgan fingerprint density at radius 1 is 1.32 bits per heavy atom. The molecule has 0 atom stereocenters. The summed E-state index contributed by atoms with van der Waals surface area (Å²) >= 11 is 0. The highest BCUT2D eigenvalue weighted by molar-refractivity contribution is 5.99. The van der Waals surface area contributed by atoms with Crippen LogP contribution in [0.5, 0.6) is 5.75 Å².